The Kier molecular flexibility index (Phi) is 5.37. The molecule has 0 unspecified atom stereocenters. The summed E-state index contributed by atoms with van der Waals surface area (Å²) in [5.74, 6) is 0. The van der Waals surface area contributed by atoms with Gasteiger partial charge in [-0.05, 0) is 32.4 Å². The number of urea groups is 1. The first-order valence-corrected chi connectivity index (χ1v) is 8.24. The number of hydrogen-bond donors (Lipinski definition) is 1. The van der Waals surface area contributed by atoms with Crippen molar-refractivity contribution in [1.29, 1.82) is 0 Å². The van der Waals surface area contributed by atoms with E-state index in [4.69, 9.17) is 11.6 Å². The van der Waals surface area contributed by atoms with Gasteiger partial charge in [-0.1, -0.05) is 18.5 Å². The number of nitrogens with zero attached hydrogens (tertiary/aromatic N) is 3. The predicted octanol–water partition coefficient (Wildman–Crippen LogP) is 4.29. The van der Waals surface area contributed by atoms with Gasteiger partial charge in [-0.2, -0.15) is 0 Å². The van der Waals surface area contributed by atoms with Crippen LogP contribution in [0.2, 0.25) is 5.15 Å². The summed E-state index contributed by atoms with van der Waals surface area (Å²) in [6.45, 7) is 6.04. The third kappa shape index (κ3) is 3.56. The molecule has 0 saturated carbocycles. The van der Waals surface area contributed by atoms with E-state index in [2.05, 4.69) is 22.2 Å². The lowest BCUT2D eigenvalue weighted by Gasteiger charge is -2.24. The molecule has 1 atom stereocenters. The Morgan fingerprint density at radius 1 is 1.55 bits per heavy atom. The van der Waals surface area contributed by atoms with Gasteiger partial charge in [0, 0.05) is 18.1 Å². The van der Waals surface area contributed by atoms with Crippen LogP contribution in [-0.4, -0.2) is 27.9 Å². The molecule has 0 bridgehead atoms. The standard InChI is InChI=1S/C15H19ClN4OS/c1-5-12-18-9(2)13(22-12)10(3)20(4)15(21)19-11-7-6-8-17-14(11)16/h6-8,10H,5H2,1-4H3,(H,19,21)/t10-/m0/s1. The second-order valence-electron chi connectivity index (χ2n) is 4.97. The predicted molar refractivity (Wildman–Crippen MR) is 90.7 cm³/mol. The number of anilines is 1. The quantitative estimate of drug-likeness (QED) is 0.846. The molecule has 1 N–H and O–H groups in total. The van der Waals surface area contributed by atoms with E-state index in [0.29, 0.717) is 5.69 Å². The molecule has 0 aromatic carbocycles. The van der Waals surface area contributed by atoms with Crippen molar-refractivity contribution in [2.45, 2.75) is 33.2 Å². The van der Waals surface area contributed by atoms with Gasteiger partial charge in [0.1, 0.15) is 0 Å². The minimum atomic E-state index is -0.228. The fourth-order valence-corrected chi connectivity index (χ4v) is 3.31. The number of thiazole rings is 1. The lowest BCUT2D eigenvalue weighted by atomic mass is 10.2. The number of pyridine rings is 1. The smallest absolute Gasteiger partial charge is 0.320 e. The van der Waals surface area contributed by atoms with Crippen LogP contribution < -0.4 is 5.32 Å². The molecule has 118 valence electrons. The van der Waals surface area contributed by atoms with E-state index in [1.54, 1.807) is 41.6 Å². The topological polar surface area (TPSA) is 58.1 Å². The maximum absolute atomic E-state index is 12.4. The van der Waals surface area contributed by atoms with Crippen molar-refractivity contribution < 1.29 is 4.79 Å². The summed E-state index contributed by atoms with van der Waals surface area (Å²) in [6.07, 6.45) is 2.48. The summed E-state index contributed by atoms with van der Waals surface area (Å²) in [6, 6.07) is 3.16. The molecule has 0 aliphatic rings. The Balaban J connectivity index is 2.12. The highest BCUT2D eigenvalue weighted by molar-refractivity contribution is 7.11. The van der Waals surface area contributed by atoms with Gasteiger partial charge in [0.05, 0.1) is 22.4 Å². The molecule has 0 radical (unpaired) electrons. The fraction of sp³-hybridized carbons (Fsp3) is 0.400. The monoisotopic (exact) mass is 338 g/mol. The zero-order chi connectivity index (χ0) is 16.3. The molecule has 2 heterocycles. The highest BCUT2D eigenvalue weighted by Gasteiger charge is 2.22. The number of carbonyl (C=O) groups excluding carboxylic acids is 1. The number of nitrogens with one attached hydrogen (secondary N) is 1. The first kappa shape index (κ1) is 16.7. The minimum absolute atomic E-state index is 0.0618. The number of rotatable bonds is 4. The molecule has 2 aromatic heterocycles. The van der Waals surface area contributed by atoms with Gasteiger partial charge in [-0.15, -0.1) is 11.3 Å². The Labute approximate surface area is 139 Å². The maximum Gasteiger partial charge on any atom is 0.322 e. The third-order valence-corrected chi connectivity index (χ3v) is 5.23. The summed E-state index contributed by atoms with van der Waals surface area (Å²) >= 11 is 7.62. The molecular weight excluding hydrogens is 320 g/mol. The maximum atomic E-state index is 12.4. The highest BCUT2D eigenvalue weighted by atomic mass is 35.5. The Bertz CT molecular complexity index is 673. The van der Waals surface area contributed by atoms with Gasteiger partial charge in [0.2, 0.25) is 0 Å². The van der Waals surface area contributed by atoms with Crippen molar-refractivity contribution in [3.63, 3.8) is 0 Å². The number of aromatic nitrogens is 2. The lowest BCUT2D eigenvalue weighted by Crippen LogP contribution is -2.33. The van der Waals surface area contributed by atoms with E-state index >= 15 is 0 Å². The van der Waals surface area contributed by atoms with Crippen molar-refractivity contribution in [1.82, 2.24) is 14.9 Å². The molecule has 0 aliphatic carbocycles. The fourth-order valence-electron chi connectivity index (χ4n) is 2.04. The average Bonchev–Trinajstić information content (AvgIpc) is 2.89. The van der Waals surface area contributed by atoms with Gasteiger partial charge in [-0.3, -0.25) is 0 Å². The third-order valence-electron chi connectivity index (χ3n) is 3.46. The molecule has 0 spiro atoms. The summed E-state index contributed by atoms with van der Waals surface area (Å²) in [5, 5.41) is 4.14. The number of halogens is 1. The molecule has 2 amide bonds. The van der Waals surface area contributed by atoms with Crippen LogP contribution in [-0.2, 0) is 6.42 Å². The molecule has 5 nitrogen and oxygen atoms in total. The van der Waals surface area contributed by atoms with E-state index in [0.717, 1.165) is 22.0 Å². The van der Waals surface area contributed by atoms with Crippen LogP contribution in [0.1, 0.15) is 35.5 Å². The van der Waals surface area contributed by atoms with Gasteiger partial charge >= 0.3 is 6.03 Å². The van der Waals surface area contributed by atoms with Crippen LogP contribution >= 0.6 is 22.9 Å². The van der Waals surface area contributed by atoms with Crippen LogP contribution in [0, 0.1) is 6.92 Å². The number of amides is 2. The second kappa shape index (κ2) is 7.07. The second-order valence-corrected chi connectivity index (χ2v) is 6.44. The Morgan fingerprint density at radius 3 is 2.86 bits per heavy atom. The Morgan fingerprint density at radius 2 is 2.27 bits per heavy atom. The largest absolute Gasteiger partial charge is 0.322 e. The molecule has 7 heteroatoms. The van der Waals surface area contributed by atoms with Gasteiger partial charge in [0.25, 0.3) is 0 Å². The van der Waals surface area contributed by atoms with Crippen molar-refractivity contribution in [2.75, 3.05) is 12.4 Å². The number of aryl methyl sites for hydroxylation is 2. The molecule has 22 heavy (non-hydrogen) atoms. The lowest BCUT2D eigenvalue weighted by molar-refractivity contribution is 0.209. The van der Waals surface area contributed by atoms with Gasteiger partial charge < -0.3 is 10.2 Å². The summed E-state index contributed by atoms with van der Waals surface area (Å²) in [7, 11) is 1.76. The van der Waals surface area contributed by atoms with Crippen molar-refractivity contribution in [2.24, 2.45) is 0 Å². The first-order valence-electron chi connectivity index (χ1n) is 7.04. The zero-order valence-corrected chi connectivity index (χ0v) is 14.6. The van der Waals surface area contributed by atoms with E-state index in [1.807, 2.05) is 13.8 Å². The molecule has 0 fully saturated rings. The Hall–Kier alpha value is -1.66. The first-order chi connectivity index (χ1) is 10.4. The molecule has 2 rings (SSSR count). The van der Waals surface area contributed by atoms with E-state index in [9.17, 15) is 4.79 Å². The van der Waals surface area contributed by atoms with E-state index in [-0.39, 0.29) is 17.2 Å². The van der Waals surface area contributed by atoms with E-state index < -0.39 is 0 Å². The average molecular weight is 339 g/mol. The van der Waals surface area contributed by atoms with Gasteiger partial charge in [0.15, 0.2) is 5.15 Å². The van der Waals surface area contributed by atoms with Crippen LogP contribution in [0.4, 0.5) is 10.5 Å². The SMILES string of the molecule is CCc1nc(C)c([C@H](C)N(C)C(=O)Nc2cccnc2Cl)s1. The molecule has 0 aliphatic heterocycles. The summed E-state index contributed by atoms with van der Waals surface area (Å²) < 4.78 is 0. The minimum Gasteiger partial charge on any atom is -0.320 e. The van der Waals surface area contributed by atoms with Crippen LogP contribution in [0.5, 0.6) is 0 Å². The number of carbonyl (C=O) groups is 1. The van der Waals surface area contributed by atoms with Crippen LogP contribution in [0.15, 0.2) is 18.3 Å². The summed E-state index contributed by atoms with van der Waals surface area (Å²) in [5.41, 5.74) is 1.48. The highest BCUT2D eigenvalue weighted by Crippen LogP contribution is 2.29. The normalized spacial score (nSPS) is 12.0. The van der Waals surface area contributed by atoms with Crippen LogP contribution in [0.3, 0.4) is 0 Å². The van der Waals surface area contributed by atoms with Crippen molar-refractivity contribution in [3.05, 3.63) is 39.1 Å². The molecular formula is C15H19ClN4OS. The summed E-state index contributed by atoms with van der Waals surface area (Å²) in [4.78, 5) is 23.6. The molecule has 2 aromatic rings. The van der Waals surface area contributed by atoms with E-state index in [1.165, 1.54) is 0 Å². The van der Waals surface area contributed by atoms with Crippen molar-refractivity contribution in [3.8, 4) is 0 Å². The number of hydrogen-bond acceptors (Lipinski definition) is 4. The molecule has 0 saturated heterocycles. The van der Waals surface area contributed by atoms with Gasteiger partial charge in [-0.25, -0.2) is 14.8 Å². The van der Waals surface area contributed by atoms with Crippen molar-refractivity contribution >= 4 is 34.7 Å². The van der Waals surface area contributed by atoms with Crippen LogP contribution in [0.25, 0.3) is 0 Å². The zero-order valence-electron chi connectivity index (χ0n) is 13.1.